The number of nitrogens with zero attached hydrogens (tertiary/aromatic N) is 1. The SMILES string of the molecule is CCOc1ccc(/C=N\NC(=O)CCC(=O)Nc2ccc(C)cc2C)cc1. The lowest BCUT2D eigenvalue weighted by Gasteiger charge is -2.08. The Morgan fingerprint density at radius 2 is 1.74 bits per heavy atom. The lowest BCUT2D eigenvalue weighted by atomic mass is 10.1. The Hall–Kier alpha value is -3.15. The number of carbonyl (C=O) groups is 2. The van der Waals surface area contributed by atoms with Gasteiger partial charge in [0.15, 0.2) is 0 Å². The molecule has 0 fully saturated rings. The van der Waals surface area contributed by atoms with Crippen molar-refractivity contribution in [2.24, 2.45) is 5.10 Å². The minimum atomic E-state index is -0.312. The Balaban J connectivity index is 1.74. The molecule has 2 amide bonds. The maximum atomic E-state index is 12.0. The van der Waals surface area contributed by atoms with Gasteiger partial charge in [0, 0.05) is 18.5 Å². The normalized spacial score (nSPS) is 10.6. The van der Waals surface area contributed by atoms with E-state index in [0.29, 0.717) is 6.61 Å². The third-order valence-electron chi connectivity index (χ3n) is 3.83. The van der Waals surface area contributed by atoms with E-state index in [0.717, 1.165) is 28.1 Å². The van der Waals surface area contributed by atoms with E-state index in [2.05, 4.69) is 15.8 Å². The van der Waals surface area contributed by atoms with Gasteiger partial charge >= 0.3 is 0 Å². The highest BCUT2D eigenvalue weighted by molar-refractivity contribution is 5.94. The summed E-state index contributed by atoms with van der Waals surface area (Å²) in [6.45, 7) is 6.47. The lowest BCUT2D eigenvalue weighted by molar-refractivity contribution is -0.124. The average Bonchev–Trinajstić information content (AvgIpc) is 2.64. The van der Waals surface area contributed by atoms with Crippen LogP contribution in [-0.2, 0) is 9.59 Å². The Morgan fingerprint density at radius 3 is 2.41 bits per heavy atom. The standard InChI is InChI=1S/C21H25N3O3/c1-4-27-18-8-6-17(7-9-18)14-22-24-21(26)12-11-20(25)23-19-10-5-15(2)13-16(19)3/h5-10,13-14H,4,11-12H2,1-3H3,(H,23,25)(H,24,26)/b22-14-. The fourth-order valence-corrected chi connectivity index (χ4v) is 2.45. The summed E-state index contributed by atoms with van der Waals surface area (Å²) in [6, 6.07) is 13.2. The molecule has 0 aromatic heterocycles. The first-order chi connectivity index (χ1) is 13.0. The number of carbonyl (C=O) groups excluding carboxylic acids is 2. The van der Waals surface area contributed by atoms with E-state index in [9.17, 15) is 9.59 Å². The summed E-state index contributed by atoms with van der Waals surface area (Å²) >= 11 is 0. The summed E-state index contributed by atoms with van der Waals surface area (Å²) in [5.74, 6) is 0.272. The molecule has 142 valence electrons. The Kier molecular flexibility index (Phi) is 7.55. The zero-order valence-electron chi connectivity index (χ0n) is 15.9. The van der Waals surface area contributed by atoms with Crippen molar-refractivity contribution in [2.75, 3.05) is 11.9 Å². The van der Waals surface area contributed by atoms with Gasteiger partial charge in [0.1, 0.15) is 5.75 Å². The average molecular weight is 367 g/mol. The summed E-state index contributed by atoms with van der Waals surface area (Å²) in [5.41, 5.74) is 6.16. The fourth-order valence-electron chi connectivity index (χ4n) is 2.45. The number of nitrogens with one attached hydrogen (secondary N) is 2. The predicted octanol–water partition coefficient (Wildman–Crippen LogP) is 3.57. The first kappa shape index (κ1) is 20.2. The minimum absolute atomic E-state index is 0.0668. The van der Waals surface area contributed by atoms with Crippen LogP contribution in [0.15, 0.2) is 47.6 Å². The summed E-state index contributed by atoms with van der Waals surface area (Å²) in [6.07, 6.45) is 1.71. The molecular weight excluding hydrogens is 342 g/mol. The van der Waals surface area contributed by atoms with Crippen molar-refractivity contribution in [3.63, 3.8) is 0 Å². The van der Waals surface area contributed by atoms with Gasteiger partial charge < -0.3 is 10.1 Å². The number of hydrogen-bond acceptors (Lipinski definition) is 4. The number of ether oxygens (including phenoxy) is 1. The molecule has 2 N–H and O–H groups in total. The van der Waals surface area contributed by atoms with Crippen molar-refractivity contribution in [2.45, 2.75) is 33.6 Å². The third-order valence-corrected chi connectivity index (χ3v) is 3.83. The second kappa shape index (κ2) is 10.1. The molecule has 0 saturated heterocycles. The molecule has 27 heavy (non-hydrogen) atoms. The summed E-state index contributed by atoms with van der Waals surface area (Å²) in [4.78, 5) is 23.8. The molecule has 2 rings (SSSR count). The fraction of sp³-hybridized carbons (Fsp3) is 0.286. The molecule has 2 aromatic rings. The highest BCUT2D eigenvalue weighted by Crippen LogP contribution is 2.16. The Morgan fingerprint density at radius 1 is 1.04 bits per heavy atom. The molecule has 0 radical (unpaired) electrons. The van der Waals surface area contributed by atoms with Gasteiger partial charge in [-0.3, -0.25) is 9.59 Å². The van der Waals surface area contributed by atoms with Gasteiger partial charge in [0.25, 0.3) is 0 Å². The van der Waals surface area contributed by atoms with Crippen LogP contribution in [0.3, 0.4) is 0 Å². The second-order valence-corrected chi connectivity index (χ2v) is 6.16. The van der Waals surface area contributed by atoms with Gasteiger partial charge in [-0.25, -0.2) is 5.43 Å². The smallest absolute Gasteiger partial charge is 0.240 e. The molecular formula is C21H25N3O3. The van der Waals surface area contributed by atoms with Crippen molar-refractivity contribution >= 4 is 23.7 Å². The maximum absolute atomic E-state index is 12.0. The van der Waals surface area contributed by atoms with Crippen LogP contribution in [0.4, 0.5) is 5.69 Å². The number of amides is 2. The van der Waals surface area contributed by atoms with Gasteiger partial charge in [-0.15, -0.1) is 0 Å². The van der Waals surface area contributed by atoms with Crippen LogP contribution >= 0.6 is 0 Å². The third kappa shape index (κ3) is 6.93. The number of anilines is 1. The molecule has 0 atom stereocenters. The first-order valence-electron chi connectivity index (χ1n) is 8.90. The maximum Gasteiger partial charge on any atom is 0.240 e. The van der Waals surface area contributed by atoms with Crippen LogP contribution in [0.1, 0.15) is 36.5 Å². The molecule has 0 saturated carbocycles. The van der Waals surface area contributed by atoms with Crippen LogP contribution < -0.4 is 15.5 Å². The zero-order chi connectivity index (χ0) is 19.6. The largest absolute Gasteiger partial charge is 0.494 e. The van der Waals surface area contributed by atoms with Gasteiger partial charge in [0.05, 0.1) is 12.8 Å². The van der Waals surface area contributed by atoms with Crippen molar-refractivity contribution in [3.05, 3.63) is 59.2 Å². The van der Waals surface area contributed by atoms with Crippen molar-refractivity contribution < 1.29 is 14.3 Å². The van der Waals surface area contributed by atoms with E-state index in [1.54, 1.807) is 6.21 Å². The monoisotopic (exact) mass is 367 g/mol. The molecule has 0 unspecified atom stereocenters. The molecule has 0 spiro atoms. The molecule has 0 aliphatic heterocycles. The molecule has 0 heterocycles. The summed E-state index contributed by atoms with van der Waals surface area (Å²) in [7, 11) is 0. The second-order valence-electron chi connectivity index (χ2n) is 6.16. The van der Waals surface area contributed by atoms with E-state index >= 15 is 0 Å². The number of aryl methyl sites for hydroxylation is 2. The topological polar surface area (TPSA) is 79.8 Å². The van der Waals surface area contributed by atoms with Crippen molar-refractivity contribution in [3.8, 4) is 5.75 Å². The number of hydrazone groups is 1. The van der Waals surface area contributed by atoms with Crippen molar-refractivity contribution in [1.29, 1.82) is 0 Å². The summed E-state index contributed by atoms with van der Waals surface area (Å²) in [5, 5.41) is 6.73. The van der Waals surface area contributed by atoms with E-state index in [1.807, 2.05) is 63.2 Å². The van der Waals surface area contributed by atoms with Crippen LogP contribution in [0.5, 0.6) is 5.75 Å². The van der Waals surface area contributed by atoms with E-state index in [-0.39, 0.29) is 24.7 Å². The lowest BCUT2D eigenvalue weighted by Crippen LogP contribution is -2.20. The van der Waals surface area contributed by atoms with Crippen LogP contribution in [0.25, 0.3) is 0 Å². The van der Waals surface area contributed by atoms with E-state index in [4.69, 9.17) is 4.74 Å². The van der Waals surface area contributed by atoms with Gasteiger partial charge in [-0.2, -0.15) is 5.10 Å². The van der Waals surface area contributed by atoms with E-state index in [1.165, 1.54) is 0 Å². The number of hydrogen-bond donors (Lipinski definition) is 2. The van der Waals surface area contributed by atoms with E-state index < -0.39 is 0 Å². The van der Waals surface area contributed by atoms with Crippen LogP contribution in [-0.4, -0.2) is 24.6 Å². The van der Waals surface area contributed by atoms with Crippen molar-refractivity contribution in [1.82, 2.24) is 5.43 Å². The first-order valence-corrected chi connectivity index (χ1v) is 8.90. The quantitative estimate of drug-likeness (QED) is 0.553. The molecule has 0 aliphatic carbocycles. The van der Waals surface area contributed by atoms with Gasteiger partial charge in [-0.05, 0) is 62.2 Å². The predicted molar refractivity (Wildman–Crippen MR) is 107 cm³/mol. The molecule has 0 bridgehead atoms. The molecule has 6 heteroatoms. The van der Waals surface area contributed by atoms with Crippen LogP contribution in [0, 0.1) is 13.8 Å². The Labute approximate surface area is 159 Å². The zero-order valence-corrected chi connectivity index (χ0v) is 15.9. The number of benzene rings is 2. The van der Waals surface area contributed by atoms with Gasteiger partial charge in [0.2, 0.25) is 11.8 Å². The van der Waals surface area contributed by atoms with Crippen LogP contribution in [0.2, 0.25) is 0 Å². The molecule has 0 aliphatic rings. The minimum Gasteiger partial charge on any atom is -0.494 e. The highest BCUT2D eigenvalue weighted by atomic mass is 16.5. The number of rotatable bonds is 8. The summed E-state index contributed by atoms with van der Waals surface area (Å²) < 4.78 is 5.36. The molecule has 2 aromatic carbocycles. The van der Waals surface area contributed by atoms with Gasteiger partial charge in [-0.1, -0.05) is 17.7 Å². The highest BCUT2D eigenvalue weighted by Gasteiger charge is 2.08. The molecule has 6 nitrogen and oxygen atoms in total. The Bertz CT molecular complexity index is 814.